The molecule has 3 aromatic carbocycles. The summed E-state index contributed by atoms with van der Waals surface area (Å²) in [5.74, 6) is -0.124. The number of nitrogen functional groups attached to an aromatic ring is 1. The molecule has 0 spiro atoms. The van der Waals surface area contributed by atoms with Crippen molar-refractivity contribution in [3.63, 3.8) is 0 Å². The van der Waals surface area contributed by atoms with Crippen LogP contribution in [0.4, 0.5) is 11.4 Å². The first-order chi connectivity index (χ1) is 15.2. The average molecular weight is 451 g/mol. The summed E-state index contributed by atoms with van der Waals surface area (Å²) in [6.45, 7) is 1.80. The SMILES string of the molecule is CCC(Oc1cccc(C(=N)N)c1)C(=O)N1c2c(-c3ccccc3)ccc(S(N)(=O)=O)c21. The van der Waals surface area contributed by atoms with Gasteiger partial charge in [-0.1, -0.05) is 55.5 Å². The van der Waals surface area contributed by atoms with E-state index in [2.05, 4.69) is 0 Å². The summed E-state index contributed by atoms with van der Waals surface area (Å²) in [5, 5.41) is 13.0. The third kappa shape index (κ3) is 3.95. The second-order valence-corrected chi connectivity index (χ2v) is 8.88. The minimum Gasteiger partial charge on any atom is -0.481 e. The molecule has 0 saturated carbocycles. The maximum atomic E-state index is 13.4. The number of sulfonamides is 1. The molecule has 164 valence electrons. The van der Waals surface area contributed by atoms with Gasteiger partial charge in [0.2, 0.25) is 10.0 Å². The van der Waals surface area contributed by atoms with Gasteiger partial charge in [0, 0.05) is 11.1 Å². The smallest absolute Gasteiger partial charge is 0.272 e. The number of ether oxygens (including phenoxy) is 1. The zero-order valence-electron chi connectivity index (χ0n) is 17.3. The molecule has 1 aliphatic rings. The normalized spacial score (nSPS) is 13.2. The molecule has 1 atom stereocenters. The van der Waals surface area contributed by atoms with E-state index in [-0.39, 0.29) is 16.4 Å². The molecule has 5 N–H and O–H groups in total. The van der Waals surface area contributed by atoms with E-state index in [4.69, 9.17) is 21.0 Å². The van der Waals surface area contributed by atoms with Gasteiger partial charge in [-0.25, -0.2) is 13.6 Å². The summed E-state index contributed by atoms with van der Waals surface area (Å²) in [7, 11) is -4.03. The second-order valence-electron chi connectivity index (χ2n) is 7.35. The van der Waals surface area contributed by atoms with Crippen LogP contribution in [0.3, 0.4) is 0 Å². The van der Waals surface area contributed by atoms with Crippen LogP contribution in [-0.2, 0) is 14.8 Å². The Hall–Kier alpha value is -3.69. The fraction of sp³-hybridized carbons (Fsp3) is 0.130. The van der Waals surface area contributed by atoms with Crippen LogP contribution < -0.4 is 20.5 Å². The highest BCUT2D eigenvalue weighted by Gasteiger charge is 2.45. The summed E-state index contributed by atoms with van der Waals surface area (Å²) in [6.07, 6.45) is -0.527. The predicted octanol–water partition coefficient (Wildman–Crippen LogP) is 3.12. The van der Waals surface area contributed by atoms with Gasteiger partial charge < -0.3 is 10.5 Å². The van der Waals surface area contributed by atoms with Gasteiger partial charge in [-0.05, 0) is 30.2 Å². The summed E-state index contributed by atoms with van der Waals surface area (Å²) < 4.78 is 30.1. The Labute approximate surface area is 186 Å². The van der Waals surface area contributed by atoms with E-state index in [1.165, 1.54) is 11.0 Å². The van der Waals surface area contributed by atoms with E-state index in [0.29, 0.717) is 23.4 Å². The molecule has 9 heteroatoms. The van der Waals surface area contributed by atoms with Crippen molar-refractivity contribution >= 4 is 33.1 Å². The molecule has 1 unspecified atom stereocenters. The lowest BCUT2D eigenvalue weighted by molar-refractivity contribution is -0.124. The number of carbonyl (C=O) groups is 1. The van der Waals surface area contributed by atoms with Crippen molar-refractivity contribution in [3.8, 4) is 16.9 Å². The molecule has 4 rings (SSSR count). The number of hydrogen-bond acceptors (Lipinski definition) is 5. The first kappa shape index (κ1) is 21.5. The molecule has 0 fully saturated rings. The van der Waals surface area contributed by atoms with Crippen LogP contribution in [-0.4, -0.2) is 26.3 Å². The summed E-state index contributed by atoms with van der Waals surface area (Å²) in [4.78, 5) is 14.6. The van der Waals surface area contributed by atoms with Crippen molar-refractivity contribution in [2.45, 2.75) is 24.3 Å². The average Bonchev–Trinajstić information content (AvgIpc) is 3.52. The number of primary sulfonamides is 1. The lowest BCUT2D eigenvalue weighted by Gasteiger charge is -2.18. The first-order valence-electron chi connectivity index (χ1n) is 9.92. The molecule has 0 saturated heterocycles. The van der Waals surface area contributed by atoms with Gasteiger partial charge in [-0.3, -0.25) is 15.1 Å². The number of nitrogens with two attached hydrogens (primary N) is 2. The van der Waals surface area contributed by atoms with Crippen molar-refractivity contribution in [1.82, 2.24) is 0 Å². The van der Waals surface area contributed by atoms with Crippen molar-refractivity contribution in [2.24, 2.45) is 10.9 Å². The number of amidine groups is 1. The molecule has 0 bridgehead atoms. The van der Waals surface area contributed by atoms with E-state index in [9.17, 15) is 13.2 Å². The zero-order chi connectivity index (χ0) is 23.0. The molecule has 1 heterocycles. The van der Waals surface area contributed by atoms with Crippen LogP contribution in [0.5, 0.6) is 5.75 Å². The van der Waals surface area contributed by atoms with Crippen LogP contribution in [0.1, 0.15) is 18.9 Å². The van der Waals surface area contributed by atoms with Gasteiger partial charge >= 0.3 is 0 Å². The Morgan fingerprint density at radius 3 is 2.41 bits per heavy atom. The molecule has 3 aromatic rings. The number of fused-ring (bicyclic) bond motifs is 1. The van der Waals surface area contributed by atoms with Crippen LogP contribution in [0.2, 0.25) is 0 Å². The highest BCUT2D eigenvalue weighted by molar-refractivity contribution is 7.89. The second kappa shape index (κ2) is 8.10. The van der Waals surface area contributed by atoms with Gasteiger partial charge in [0.1, 0.15) is 16.5 Å². The molecule has 1 amide bonds. The lowest BCUT2D eigenvalue weighted by atomic mass is 10.1. The van der Waals surface area contributed by atoms with Crippen molar-refractivity contribution in [3.05, 3.63) is 72.3 Å². The maximum absolute atomic E-state index is 13.4. The molecular weight excluding hydrogens is 428 g/mol. The topological polar surface area (TPSA) is 139 Å². The van der Waals surface area contributed by atoms with E-state index < -0.39 is 22.0 Å². The fourth-order valence-electron chi connectivity index (χ4n) is 3.61. The number of nitrogens with zero attached hydrogens (tertiary/aromatic N) is 1. The number of benzene rings is 3. The van der Waals surface area contributed by atoms with E-state index in [0.717, 1.165) is 11.1 Å². The first-order valence-corrected chi connectivity index (χ1v) is 11.5. The minimum atomic E-state index is -4.03. The van der Waals surface area contributed by atoms with Crippen molar-refractivity contribution < 1.29 is 17.9 Å². The highest BCUT2D eigenvalue weighted by atomic mass is 32.2. The Kier molecular flexibility index (Phi) is 5.45. The molecule has 0 aromatic heterocycles. The predicted molar refractivity (Wildman–Crippen MR) is 123 cm³/mol. The third-order valence-electron chi connectivity index (χ3n) is 5.19. The summed E-state index contributed by atoms with van der Waals surface area (Å²) in [6, 6.07) is 19.0. The molecule has 0 aliphatic carbocycles. The largest absolute Gasteiger partial charge is 0.481 e. The fourth-order valence-corrected chi connectivity index (χ4v) is 4.33. The van der Waals surface area contributed by atoms with E-state index in [1.807, 2.05) is 30.3 Å². The number of hydrogen-bond donors (Lipinski definition) is 3. The van der Waals surface area contributed by atoms with Crippen LogP contribution >= 0.6 is 0 Å². The number of nitrogens with one attached hydrogen (secondary N) is 1. The zero-order valence-corrected chi connectivity index (χ0v) is 18.1. The molecule has 1 aliphatic heterocycles. The van der Waals surface area contributed by atoms with Gasteiger partial charge in [0.05, 0.1) is 11.4 Å². The van der Waals surface area contributed by atoms with Crippen molar-refractivity contribution in [1.29, 1.82) is 5.41 Å². The third-order valence-corrected chi connectivity index (χ3v) is 6.14. The number of carbonyl (C=O) groups excluding carboxylic acids is 1. The van der Waals surface area contributed by atoms with Gasteiger partial charge in [0.25, 0.3) is 5.91 Å². The van der Waals surface area contributed by atoms with Crippen LogP contribution in [0, 0.1) is 5.41 Å². The monoisotopic (exact) mass is 450 g/mol. The summed E-state index contributed by atoms with van der Waals surface area (Å²) in [5.41, 5.74) is 8.37. The minimum absolute atomic E-state index is 0.103. The Bertz CT molecular complexity index is 1320. The molecule has 32 heavy (non-hydrogen) atoms. The number of rotatable bonds is 7. The van der Waals surface area contributed by atoms with Crippen LogP contribution in [0.25, 0.3) is 11.1 Å². The van der Waals surface area contributed by atoms with Gasteiger partial charge in [-0.2, -0.15) is 0 Å². The Balaban J connectivity index is 1.69. The maximum Gasteiger partial charge on any atom is 0.272 e. The van der Waals surface area contributed by atoms with Crippen LogP contribution in [0.15, 0.2) is 71.6 Å². The lowest BCUT2D eigenvalue weighted by Crippen LogP contribution is -2.33. The van der Waals surface area contributed by atoms with E-state index >= 15 is 0 Å². The molecule has 8 nitrogen and oxygen atoms in total. The summed E-state index contributed by atoms with van der Waals surface area (Å²) >= 11 is 0. The quantitative estimate of drug-likeness (QED) is 0.288. The number of amides is 1. The number of anilines is 2. The van der Waals surface area contributed by atoms with E-state index in [1.54, 1.807) is 37.3 Å². The van der Waals surface area contributed by atoms with Gasteiger partial charge in [0.15, 0.2) is 6.10 Å². The van der Waals surface area contributed by atoms with Crippen molar-refractivity contribution in [2.75, 3.05) is 4.90 Å². The Morgan fingerprint density at radius 1 is 1.06 bits per heavy atom. The Morgan fingerprint density at radius 2 is 1.78 bits per heavy atom. The molecule has 0 radical (unpaired) electrons. The highest BCUT2D eigenvalue weighted by Crippen LogP contribution is 2.57. The molecular formula is C23H22N4O4S. The standard InChI is InChI=1S/C23H22N4O4S/c1-2-18(31-16-10-6-9-15(13-16)22(24)25)23(28)27-20-17(14-7-4-3-5-8-14)11-12-19(21(20)27)32(26,29)30/h3-13,18H,2H2,1H3,(H3,24,25)(H2,26,29,30). The van der Waals surface area contributed by atoms with Gasteiger partial charge in [-0.15, -0.1) is 0 Å².